The highest BCUT2D eigenvalue weighted by Crippen LogP contribution is 2.14. The molecule has 1 amide bonds. The maximum Gasteiger partial charge on any atom is 0.338 e. The smallest absolute Gasteiger partial charge is 0.338 e. The molecular formula is C20H19N3O5S. The second kappa shape index (κ2) is 10.1. The van der Waals surface area contributed by atoms with E-state index in [1.165, 1.54) is 30.4 Å². The van der Waals surface area contributed by atoms with Crippen LogP contribution in [0.4, 0.5) is 11.4 Å². The zero-order valence-corrected chi connectivity index (χ0v) is 16.6. The average molecular weight is 413 g/mol. The Hall–Kier alpha value is -3.59. The Balaban J connectivity index is 1.90. The number of ether oxygens (including phenoxy) is 1. The predicted molar refractivity (Wildman–Crippen MR) is 113 cm³/mol. The third-order valence-corrected chi connectivity index (χ3v) is 3.67. The van der Waals surface area contributed by atoms with E-state index in [9.17, 15) is 19.7 Å². The van der Waals surface area contributed by atoms with E-state index < -0.39 is 16.8 Å². The van der Waals surface area contributed by atoms with Crippen molar-refractivity contribution in [2.24, 2.45) is 0 Å². The fourth-order valence-corrected chi connectivity index (χ4v) is 2.42. The van der Waals surface area contributed by atoms with Crippen LogP contribution in [0.3, 0.4) is 0 Å². The third kappa shape index (κ3) is 7.15. The fraction of sp³-hybridized carbons (Fsp3) is 0.150. The van der Waals surface area contributed by atoms with E-state index in [1.54, 1.807) is 44.2 Å². The molecule has 9 heteroatoms. The second-order valence-electron chi connectivity index (χ2n) is 6.16. The zero-order valence-electron chi connectivity index (χ0n) is 15.7. The lowest BCUT2D eigenvalue weighted by molar-refractivity contribution is -0.384. The van der Waals surface area contributed by atoms with Gasteiger partial charge >= 0.3 is 5.97 Å². The van der Waals surface area contributed by atoms with Gasteiger partial charge in [-0.2, -0.15) is 0 Å². The summed E-state index contributed by atoms with van der Waals surface area (Å²) in [5.41, 5.74) is 1.43. The lowest BCUT2D eigenvalue weighted by Gasteiger charge is -2.10. The highest BCUT2D eigenvalue weighted by atomic mass is 32.1. The Kier molecular flexibility index (Phi) is 7.55. The Bertz CT molecular complexity index is 955. The molecule has 0 saturated heterocycles. The number of esters is 1. The van der Waals surface area contributed by atoms with Crippen molar-refractivity contribution in [2.45, 2.75) is 20.0 Å². The van der Waals surface area contributed by atoms with Crippen molar-refractivity contribution in [3.05, 3.63) is 75.8 Å². The molecule has 0 atom stereocenters. The van der Waals surface area contributed by atoms with Gasteiger partial charge in [0.1, 0.15) is 0 Å². The van der Waals surface area contributed by atoms with Crippen LogP contribution in [0.25, 0.3) is 6.08 Å². The molecule has 0 aliphatic carbocycles. The molecule has 0 bridgehead atoms. The molecule has 2 N–H and O–H groups in total. The first kappa shape index (κ1) is 21.7. The second-order valence-corrected chi connectivity index (χ2v) is 6.57. The molecule has 0 radical (unpaired) electrons. The topological polar surface area (TPSA) is 111 Å². The number of nitrogens with zero attached hydrogens (tertiary/aromatic N) is 1. The number of nitro benzene ring substituents is 1. The largest absolute Gasteiger partial charge is 0.459 e. The first-order valence-corrected chi connectivity index (χ1v) is 9.01. The predicted octanol–water partition coefficient (Wildman–Crippen LogP) is 3.69. The van der Waals surface area contributed by atoms with Gasteiger partial charge in [0.2, 0.25) is 5.91 Å². The van der Waals surface area contributed by atoms with Crippen molar-refractivity contribution < 1.29 is 19.2 Å². The van der Waals surface area contributed by atoms with Gasteiger partial charge in [0, 0.05) is 23.9 Å². The van der Waals surface area contributed by atoms with E-state index in [-0.39, 0.29) is 16.9 Å². The summed E-state index contributed by atoms with van der Waals surface area (Å²) >= 11 is 5.08. The van der Waals surface area contributed by atoms with Gasteiger partial charge < -0.3 is 10.1 Å². The molecule has 0 aliphatic heterocycles. The van der Waals surface area contributed by atoms with Crippen LogP contribution in [-0.4, -0.2) is 28.0 Å². The molecule has 2 aromatic carbocycles. The van der Waals surface area contributed by atoms with E-state index in [1.807, 2.05) is 0 Å². The number of amides is 1. The molecular weight excluding hydrogens is 394 g/mol. The number of rotatable bonds is 6. The summed E-state index contributed by atoms with van der Waals surface area (Å²) in [5.74, 6) is -0.917. The summed E-state index contributed by atoms with van der Waals surface area (Å²) < 4.78 is 5.11. The lowest BCUT2D eigenvalue weighted by atomic mass is 10.2. The molecule has 0 aliphatic rings. The molecule has 0 saturated carbocycles. The molecule has 0 heterocycles. The molecule has 0 aromatic heterocycles. The third-order valence-electron chi connectivity index (χ3n) is 3.47. The minimum Gasteiger partial charge on any atom is -0.459 e. The summed E-state index contributed by atoms with van der Waals surface area (Å²) in [6.07, 6.45) is 2.45. The molecule has 150 valence electrons. The molecule has 0 fully saturated rings. The SMILES string of the molecule is CC(C)OC(=O)c1ccc(NC(=S)NC(=O)C=Cc2cccc([N+](=O)[O-])c2)cc1. The van der Waals surface area contributed by atoms with Crippen LogP contribution in [0.5, 0.6) is 0 Å². The lowest BCUT2D eigenvalue weighted by Crippen LogP contribution is -2.32. The van der Waals surface area contributed by atoms with E-state index >= 15 is 0 Å². The van der Waals surface area contributed by atoms with Crippen LogP contribution >= 0.6 is 12.2 Å². The van der Waals surface area contributed by atoms with Crippen LogP contribution in [0, 0.1) is 10.1 Å². The zero-order chi connectivity index (χ0) is 21.4. The number of thiocarbonyl (C=S) groups is 1. The van der Waals surface area contributed by atoms with E-state index in [2.05, 4.69) is 10.6 Å². The fourth-order valence-electron chi connectivity index (χ4n) is 2.20. The minimum absolute atomic E-state index is 0.0644. The van der Waals surface area contributed by atoms with Crippen molar-refractivity contribution in [3.8, 4) is 0 Å². The van der Waals surface area contributed by atoms with Gasteiger partial charge in [-0.15, -0.1) is 0 Å². The summed E-state index contributed by atoms with van der Waals surface area (Å²) in [7, 11) is 0. The Labute approximate surface area is 172 Å². The van der Waals surface area contributed by atoms with Gasteiger partial charge in [-0.3, -0.25) is 20.2 Å². The van der Waals surface area contributed by atoms with E-state index in [0.29, 0.717) is 16.8 Å². The van der Waals surface area contributed by atoms with E-state index in [4.69, 9.17) is 17.0 Å². The number of nitro groups is 1. The van der Waals surface area contributed by atoms with Crippen molar-refractivity contribution in [1.82, 2.24) is 5.32 Å². The number of anilines is 1. The molecule has 29 heavy (non-hydrogen) atoms. The monoisotopic (exact) mass is 413 g/mol. The number of non-ortho nitro benzene ring substituents is 1. The molecule has 2 aromatic rings. The molecule has 8 nitrogen and oxygen atoms in total. The van der Waals surface area contributed by atoms with Crippen LogP contribution in [-0.2, 0) is 9.53 Å². The highest BCUT2D eigenvalue weighted by molar-refractivity contribution is 7.80. The standard InChI is InChI=1S/C20H19N3O5S/c1-13(2)28-19(25)15-7-9-16(10-8-15)21-20(29)22-18(24)11-6-14-4-3-5-17(12-14)23(26)27/h3-13H,1-2H3,(H2,21,22,24,29). The summed E-state index contributed by atoms with van der Waals surface area (Å²) in [6.45, 7) is 3.53. The van der Waals surface area contributed by atoms with Crippen molar-refractivity contribution in [2.75, 3.05) is 5.32 Å². The number of carbonyl (C=O) groups excluding carboxylic acids is 2. The van der Waals surface area contributed by atoms with Crippen LogP contribution in [0.1, 0.15) is 29.8 Å². The highest BCUT2D eigenvalue weighted by Gasteiger charge is 2.09. The number of carbonyl (C=O) groups is 2. The van der Waals surface area contributed by atoms with Gasteiger partial charge in [0.15, 0.2) is 5.11 Å². The van der Waals surface area contributed by atoms with Gasteiger partial charge in [0.25, 0.3) is 5.69 Å². The Morgan fingerprint density at radius 3 is 2.48 bits per heavy atom. The van der Waals surface area contributed by atoms with Crippen molar-refractivity contribution in [3.63, 3.8) is 0 Å². The average Bonchev–Trinajstić information content (AvgIpc) is 2.66. The van der Waals surface area contributed by atoms with Crippen LogP contribution in [0.2, 0.25) is 0 Å². The van der Waals surface area contributed by atoms with E-state index in [0.717, 1.165) is 0 Å². The molecule has 0 unspecified atom stereocenters. The summed E-state index contributed by atoms with van der Waals surface area (Å²) in [4.78, 5) is 34.0. The van der Waals surface area contributed by atoms with Gasteiger partial charge in [-0.1, -0.05) is 12.1 Å². The van der Waals surface area contributed by atoms with Gasteiger partial charge in [-0.05, 0) is 62.0 Å². The molecule has 0 spiro atoms. The Morgan fingerprint density at radius 1 is 1.17 bits per heavy atom. The molecule has 2 rings (SSSR count). The first-order chi connectivity index (χ1) is 13.7. The van der Waals surface area contributed by atoms with Crippen molar-refractivity contribution >= 4 is 46.7 Å². The number of hydrogen-bond acceptors (Lipinski definition) is 6. The minimum atomic E-state index is -0.510. The van der Waals surface area contributed by atoms with Crippen LogP contribution in [0.15, 0.2) is 54.6 Å². The Morgan fingerprint density at radius 2 is 1.86 bits per heavy atom. The summed E-state index contributed by atoms with van der Waals surface area (Å²) in [6, 6.07) is 12.3. The van der Waals surface area contributed by atoms with Gasteiger partial charge in [-0.25, -0.2) is 4.79 Å². The number of benzene rings is 2. The number of nitrogens with one attached hydrogen (secondary N) is 2. The van der Waals surface area contributed by atoms with Crippen LogP contribution < -0.4 is 10.6 Å². The van der Waals surface area contributed by atoms with Crippen molar-refractivity contribution in [1.29, 1.82) is 0 Å². The maximum atomic E-state index is 12.0. The maximum absolute atomic E-state index is 12.0. The number of hydrogen-bond donors (Lipinski definition) is 2. The quantitative estimate of drug-likeness (QED) is 0.244. The normalized spacial score (nSPS) is 10.6. The first-order valence-electron chi connectivity index (χ1n) is 8.60. The van der Waals surface area contributed by atoms with Gasteiger partial charge in [0.05, 0.1) is 16.6 Å². The summed E-state index contributed by atoms with van der Waals surface area (Å²) in [5, 5.41) is 16.1.